The van der Waals surface area contributed by atoms with Crippen LogP contribution < -0.4 is 10.5 Å². The normalized spacial score (nSPS) is 31.2. The van der Waals surface area contributed by atoms with Crippen LogP contribution in [-0.2, 0) is 20.5 Å². The van der Waals surface area contributed by atoms with E-state index in [1.54, 1.807) is 24.3 Å². The lowest BCUT2D eigenvalue weighted by Crippen LogP contribution is -2.68. The molecule has 3 rings (SSSR count). The number of ether oxygens (including phenoxy) is 1. The first-order valence-electron chi connectivity index (χ1n) is 6.86. The Bertz CT molecular complexity index is 683. The van der Waals surface area contributed by atoms with Gasteiger partial charge in [-0.3, -0.25) is 0 Å². The fourth-order valence-electron chi connectivity index (χ4n) is 3.09. The molecule has 112 valence electrons. The van der Waals surface area contributed by atoms with Gasteiger partial charge < -0.3 is 10.5 Å². The fourth-order valence-corrected chi connectivity index (χ4v) is 4.50. The maximum absolute atomic E-state index is 12.2. The third-order valence-electron chi connectivity index (χ3n) is 4.17. The van der Waals surface area contributed by atoms with Crippen LogP contribution in [0.5, 0.6) is 0 Å². The second-order valence-electron chi connectivity index (χ2n) is 5.58. The van der Waals surface area contributed by atoms with Gasteiger partial charge in [0.25, 0.3) is 0 Å². The second-order valence-corrected chi connectivity index (χ2v) is 7.33. The molecule has 1 aliphatic carbocycles. The summed E-state index contributed by atoms with van der Waals surface area (Å²) < 4.78 is 32.6. The van der Waals surface area contributed by atoms with Crippen molar-refractivity contribution in [3.05, 3.63) is 35.4 Å². The van der Waals surface area contributed by atoms with Crippen molar-refractivity contribution in [1.29, 1.82) is 5.26 Å². The number of rotatable bonds is 4. The van der Waals surface area contributed by atoms with Crippen LogP contribution in [0.3, 0.4) is 0 Å². The molecule has 2 fully saturated rings. The number of sulfonamides is 1. The number of benzene rings is 1. The van der Waals surface area contributed by atoms with Crippen LogP contribution in [0.1, 0.15) is 17.5 Å². The van der Waals surface area contributed by atoms with Gasteiger partial charge in [-0.15, -0.1) is 0 Å². The molecule has 4 unspecified atom stereocenters. The molecule has 7 heteroatoms. The maximum Gasteiger partial charge on any atom is 0.216 e. The molecule has 1 aromatic rings. The number of nitrogens with zero attached hydrogens (tertiary/aromatic N) is 1. The molecule has 21 heavy (non-hydrogen) atoms. The smallest absolute Gasteiger partial charge is 0.216 e. The van der Waals surface area contributed by atoms with E-state index >= 15 is 0 Å². The van der Waals surface area contributed by atoms with Crippen molar-refractivity contribution in [2.45, 2.75) is 30.4 Å². The summed E-state index contributed by atoms with van der Waals surface area (Å²) in [4.78, 5) is 0. The van der Waals surface area contributed by atoms with Crippen molar-refractivity contribution in [1.82, 2.24) is 4.72 Å². The van der Waals surface area contributed by atoms with Crippen LogP contribution in [-0.4, -0.2) is 33.2 Å². The third kappa shape index (κ3) is 2.80. The first-order chi connectivity index (χ1) is 10.00. The van der Waals surface area contributed by atoms with Crippen molar-refractivity contribution in [3.8, 4) is 6.07 Å². The molecule has 0 aromatic heterocycles. The highest BCUT2D eigenvalue weighted by Gasteiger charge is 2.53. The zero-order valence-corrected chi connectivity index (χ0v) is 12.2. The summed E-state index contributed by atoms with van der Waals surface area (Å²) in [5, 5.41) is 8.84. The van der Waals surface area contributed by atoms with Crippen LogP contribution in [0.2, 0.25) is 0 Å². The van der Waals surface area contributed by atoms with Gasteiger partial charge in [0, 0.05) is 18.6 Å². The molecule has 1 saturated carbocycles. The number of fused-ring (bicyclic) bond motifs is 1. The van der Waals surface area contributed by atoms with Crippen LogP contribution in [0.15, 0.2) is 24.3 Å². The summed E-state index contributed by atoms with van der Waals surface area (Å²) in [6.07, 6.45) is 0.800. The van der Waals surface area contributed by atoms with E-state index in [2.05, 4.69) is 4.72 Å². The predicted molar refractivity (Wildman–Crippen MR) is 76.5 cm³/mol. The van der Waals surface area contributed by atoms with E-state index in [-0.39, 0.29) is 29.9 Å². The van der Waals surface area contributed by atoms with E-state index in [1.807, 2.05) is 6.07 Å². The molecule has 0 spiro atoms. The minimum atomic E-state index is -3.51. The van der Waals surface area contributed by atoms with E-state index in [0.717, 1.165) is 6.42 Å². The number of nitrogens with two attached hydrogens (primary N) is 1. The molecule has 1 aliphatic heterocycles. The van der Waals surface area contributed by atoms with Crippen LogP contribution in [0.4, 0.5) is 0 Å². The number of hydrogen-bond donors (Lipinski definition) is 2. The van der Waals surface area contributed by atoms with E-state index in [4.69, 9.17) is 15.7 Å². The summed E-state index contributed by atoms with van der Waals surface area (Å²) in [6.45, 7) is 0.644. The Kier molecular flexibility index (Phi) is 3.71. The topological polar surface area (TPSA) is 105 Å². The number of hydrogen-bond acceptors (Lipinski definition) is 5. The molecule has 0 bridgehead atoms. The van der Waals surface area contributed by atoms with Gasteiger partial charge >= 0.3 is 0 Å². The summed E-state index contributed by atoms with van der Waals surface area (Å²) >= 11 is 0. The molecule has 4 atom stereocenters. The zero-order valence-electron chi connectivity index (χ0n) is 11.4. The minimum Gasteiger partial charge on any atom is -0.376 e. The highest BCUT2D eigenvalue weighted by Crippen LogP contribution is 2.38. The molecular weight excluding hydrogens is 290 g/mol. The molecule has 0 radical (unpaired) electrons. The van der Waals surface area contributed by atoms with Gasteiger partial charge in [-0.2, -0.15) is 5.26 Å². The Morgan fingerprint density at radius 1 is 1.48 bits per heavy atom. The maximum atomic E-state index is 12.2. The third-order valence-corrected chi connectivity index (χ3v) is 5.52. The summed E-state index contributed by atoms with van der Waals surface area (Å²) in [6, 6.07) is 8.05. The Balaban J connectivity index is 1.68. The molecule has 1 heterocycles. The Labute approximate surface area is 123 Å². The molecule has 6 nitrogen and oxygen atoms in total. The monoisotopic (exact) mass is 307 g/mol. The zero-order chi connectivity index (χ0) is 15.0. The van der Waals surface area contributed by atoms with E-state index in [0.29, 0.717) is 17.7 Å². The van der Waals surface area contributed by atoms with E-state index in [1.165, 1.54) is 0 Å². The Hall–Kier alpha value is -1.46. The average molecular weight is 307 g/mol. The molecule has 1 aromatic carbocycles. The van der Waals surface area contributed by atoms with E-state index in [9.17, 15) is 8.42 Å². The van der Waals surface area contributed by atoms with Gasteiger partial charge in [0.1, 0.15) is 0 Å². The summed E-state index contributed by atoms with van der Waals surface area (Å²) in [7, 11) is -3.51. The predicted octanol–water partition coefficient (Wildman–Crippen LogP) is 0.0923. The lowest BCUT2D eigenvalue weighted by atomic mass is 9.73. The second kappa shape index (κ2) is 5.39. The van der Waals surface area contributed by atoms with Crippen LogP contribution in [0.25, 0.3) is 0 Å². The molecule has 0 amide bonds. The van der Waals surface area contributed by atoms with Gasteiger partial charge in [0.15, 0.2) is 0 Å². The molecule has 2 aliphatic rings. The quantitative estimate of drug-likeness (QED) is 0.820. The van der Waals surface area contributed by atoms with Crippen molar-refractivity contribution in [2.75, 3.05) is 6.61 Å². The highest BCUT2D eigenvalue weighted by molar-refractivity contribution is 7.88. The average Bonchev–Trinajstić information content (AvgIpc) is 2.89. The molecule has 1 saturated heterocycles. The largest absolute Gasteiger partial charge is 0.376 e. The van der Waals surface area contributed by atoms with Crippen molar-refractivity contribution < 1.29 is 13.2 Å². The Morgan fingerprint density at radius 2 is 2.29 bits per heavy atom. The summed E-state index contributed by atoms with van der Waals surface area (Å²) in [5.41, 5.74) is 7.03. The number of nitrogens with one attached hydrogen (secondary N) is 1. The van der Waals surface area contributed by atoms with Gasteiger partial charge in [-0.05, 0) is 24.1 Å². The van der Waals surface area contributed by atoms with Gasteiger partial charge in [0.2, 0.25) is 10.0 Å². The van der Waals surface area contributed by atoms with E-state index < -0.39 is 10.0 Å². The lowest BCUT2D eigenvalue weighted by molar-refractivity contribution is -0.00925. The molecular formula is C14H17N3O3S. The standard InChI is InChI=1S/C14H17N3O3S/c15-7-9-2-1-3-10(6-9)8-21(18,19)17-13-12(16)11-4-5-20-14(11)13/h1-3,6,11-14,17H,4-5,8,16H2. The van der Waals surface area contributed by atoms with Crippen molar-refractivity contribution >= 4 is 10.0 Å². The first-order valence-corrected chi connectivity index (χ1v) is 8.51. The SMILES string of the molecule is N#Cc1cccc(CS(=O)(=O)NC2C(N)C3CCOC32)c1. The number of nitriles is 1. The summed E-state index contributed by atoms with van der Waals surface area (Å²) in [5.74, 6) is 0.1000. The minimum absolute atomic E-state index is 0.0970. The Morgan fingerprint density at radius 3 is 3.05 bits per heavy atom. The van der Waals surface area contributed by atoms with Crippen LogP contribution >= 0.6 is 0 Å². The van der Waals surface area contributed by atoms with Gasteiger partial charge in [0.05, 0.1) is 29.5 Å². The first kappa shape index (κ1) is 14.5. The molecule has 3 N–H and O–H groups in total. The van der Waals surface area contributed by atoms with Crippen LogP contribution in [0, 0.1) is 17.2 Å². The lowest BCUT2D eigenvalue weighted by Gasteiger charge is -2.45. The highest BCUT2D eigenvalue weighted by atomic mass is 32.2. The fraction of sp³-hybridized carbons (Fsp3) is 0.500. The van der Waals surface area contributed by atoms with Crippen molar-refractivity contribution in [3.63, 3.8) is 0 Å². The van der Waals surface area contributed by atoms with Crippen molar-refractivity contribution in [2.24, 2.45) is 11.7 Å². The van der Waals surface area contributed by atoms with Gasteiger partial charge in [-0.25, -0.2) is 13.1 Å². The van der Waals surface area contributed by atoms with Gasteiger partial charge in [-0.1, -0.05) is 12.1 Å².